The molecule has 0 aliphatic carbocycles. The molecular formula is C16H16F3N7. The maximum atomic E-state index is 13.0. The van der Waals surface area contributed by atoms with Crippen molar-refractivity contribution in [1.82, 2.24) is 29.7 Å². The van der Waals surface area contributed by atoms with Crippen molar-refractivity contribution in [1.29, 1.82) is 0 Å². The second-order valence-corrected chi connectivity index (χ2v) is 6.07. The number of nitrogens with zero attached hydrogens (tertiary/aromatic N) is 7. The average molecular weight is 363 g/mol. The smallest absolute Gasteiger partial charge is 0.353 e. The van der Waals surface area contributed by atoms with Crippen molar-refractivity contribution in [2.45, 2.75) is 12.7 Å². The summed E-state index contributed by atoms with van der Waals surface area (Å²) in [5.41, 5.74) is 1.08. The predicted molar refractivity (Wildman–Crippen MR) is 87.5 cm³/mol. The zero-order valence-electron chi connectivity index (χ0n) is 13.8. The van der Waals surface area contributed by atoms with Gasteiger partial charge in [-0.3, -0.25) is 9.88 Å². The van der Waals surface area contributed by atoms with Crippen LogP contribution in [0.4, 0.5) is 19.0 Å². The van der Waals surface area contributed by atoms with Gasteiger partial charge in [0.15, 0.2) is 5.65 Å². The summed E-state index contributed by atoms with van der Waals surface area (Å²) in [4.78, 5) is 8.55. The van der Waals surface area contributed by atoms with Crippen LogP contribution < -0.4 is 4.90 Å². The lowest BCUT2D eigenvalue weighted by molar-refractivity contribution is -0.146. The quantitative estimate of drug-likeness (QED) is 0.708. The van der Waals surface area contributed by atoms with E-state index in [9.17, 15) is 13.2 Å². The second-order valence-electron chi connectivity index (χ2n) is 6.07. The third kappa shape index (κ3) is 3.32. The van der Waals surface area contributed by atoms with E-state index in [4.69, 9.17) is 0 Å². The van der Waals surface area contributed by atoms with Crippen LogP contribution in [0.5, 0.6) is 0 Å². The molecule has 3 aromatic heterocycles. The minimum absolute atomic E-state index is 0.0786. The molecule has 10 heteroatoms. The van der Waals surface area contributed by atoms with Gasteiger partial charge in [-0.2, -0.15) is 17.7 Å². The van der Waals surface area contributed by atoms with Gasteiger partial charge in [-0.1, -0.05) is 6.07 Å². The SMILES string of the molecule is FC(F)(F)c1nnc2ccc(N3CCN(Cc4ccccn4)CC3)nn12. The number of pyridine rings is 1. The number of fused-ring (bicyclic) bond motifs is 1. The van der Waals surface area contributed by atoms with Gasteiger partial charge in [0.2, 0.25) is 0 Å². The van der Waals surface area contributed by atoms with Gasteiger partial charge in [0, 0.05) is 38.9 Å². The molecule has 0 aromatic carbocycles. The molecule has 0 bridgehead atoms. The Hall–Kier alpha value is -2.75. The molecule has 0 unspecified atom stereocenters. The Labute approximate surface area is 147 Å². The molecule has 1 fully saturated rings. The molecule has 26 heavy (non-hydrogen) atoms. The van der Waals surface area contributed by atoms with E-state index in [0.29, 0.717) is 18.9 Å². The molecular weight excluding hydrogens is 347 g/mol. The van der Waals surface area contributed by atoms with Crippen molar-refractivity contribution >= 4 is 11.5 Å². The summed E-state index contributed by atoms with van der Waals surface area (Å²) < 4.78 is 39.7. The Bertz CT molecular complexity index is 886. The summed E-state index contributed by atoms with van der Waals surface area (Å²) in [6.45, 7) is 3.67. The van der Waals surface area contributed by atoms with Gasteiger partial charge < -0.3 is 4.90 Å². The van der Waals surface area contributed by atoms with E-state index in [2.05, 4.69) is 25.2 Å². The van der Waals surface area contributed by atoms with Gasteiger partial charge in [0.05, 0.1) is 5.69 Å². The highest BCUT2D eigenvalue weighted by Gasteiger charge is 2.37. The molecule has 0 saturated carbocycles. The molecule has 0 spiro atoms. The molecule has 0 amide bonds. The summed E-state index contributed by atoms with van der Waals surface area (Å²) in [6.07, 6.45) is -2.82. The van der Waals surface area contributed by atoms with Crippen molar-refractivity contribution in [2.75, 3.05) is 31.1 Å². The molecule has 4 heterocycles. The first-order valence-corrected chi connectivity index (χ1v) is 8.17. The van der Waals surface area contributed by atoms with Crippen LogP contribution in [0, 0.1) is 0 Å². The van der Waals surface area contributed by atoms with E-state index in [1.807, 2.05) is 23.1 Å². The summed E-state index contributed by atoms with van der Waals surface area (Å²) in [5.74, 6) is -0.622. The average Bonchev–Trinajstić information content (AvgIpc) is 3.07. The summed E-state index contributed by atoms with van der Waals surface area (Å²) in [7, 11) is 0. The number of rotatable bonds is 3. The van der Waals surface area contributed by atoms with E-state index < -0.39 is 12.0 Å². The topological polar surface area (TPSA) is 62.5 Å². The molecule has 3 aromatic rings. The van der Waals surface area contributed by atoms with E-state index in [-0.39, 0.29) is 5.65 Å². The van der Waals surface area contributed by atoms with Gasteiger partial charge in [0.25, 0.3) is 5.82 Å². The van der Waals surface area contributed by atoms with Gasteiger partial charge >= 0.3 is 6.18 Å². The van der Waals surface area contributed by atoms with Crippen LogP contribution in [0.15, 0.2) is 36.5 Å². The van der Waals surface area contributed by atoms with E-state index in [1.165, 1.54) is 6.07 Å². The molecule has 136 valence electrons. The number of aromatic nitrogens is 5. The summed E-state index contributed by atoms with van der Waals surface area (Å²) in [5, 5.41) is 10.8. The molecule has 0 atom stereocenters. The van der Waals surface area contributed by atoms with Gasteiger partial charge in [-0.05, 0) is 24.3 Å². The van der Waals surface area contributed by atoms with E-state index in [1.54, 1.807) is 12.3 Å². The summed E-state index contributed by atoms with van der Waals surface area (Å²) in [6, 6.07) is 8.99. The van der Waals surface area contributed by atoms with Crippen molar-refractivity contribution in [3.05, 3.63) is 48.0 Å². The Morgan fingerprint density at radius 2 is 1.77 bits per heavy atom. The third-order valence-corrected chi connectivity index (χ3v) is 4.31. The first-order chi connectivity index (χ1) is 12.5. The lowest BCUT2D eigenvalue weighted by atomic mass is 10.2. The fourth-order valence-corrected chi connectivity index (χ4v) is 2.98. The molecule has 0 radical (unpaired) electrons. The number of hydrogen-bond acceptors (Lipinski definition) is 6. The molecule has 1 saturated heterocycles. The fourth-order valence-electron chi connectivity index (χ4n) is 2.98. The molecule has 4 rings (SSSR count). The summed E-state index contributed by atoms with van der Waals surface area (Å²) >= 11 is 0. The predicted octanol–water partition coefficient (Wildman–Crippen LogP) is 1.86. The Morgan fingerprint density at radius 3 is 2.46 bits per heavy atom. The van der Waals surface area contributed by atoms with Crippen molar-refractivity contribution < 1.29 is 13.2 Å². The molecule has 7 nitrogen and oxygen atoms in total. The monoisotopic (exact) mass is 363 g/mol. The van der Waals surface area contributed by atoms with Crippen molar-refractivity contribution in [3.63, 3.8) is 0 Å². The highest BCUT2D eigenvalue weighted by atomic mass is 19.4. The van der Waals surface area contributed by atoms with Crippen LogP contribution in [0.3, 0.4) is 0 Å². The second kappa shape index (κ2) is 6.52. The molecule has 1 aliphatic rings. The first kappa shape index (κ1) is 16.7. The number of hydrogen-bond donors (Lipinski definition) is 0. The zero-order chi connectivity index (χ0) is 18.1. The largest absolute Gasteiger partial charge is 0.453 e. The first-order valence-electron chi connectivity index (χ1n) is 8.17. The van der Waals surface area contributed by atoms with Crippen LogP contribution in [0.2, 0.25) is 0 Å². The van der Waals surface area contributed by atoms with Gasteiger partial charge in [0.1, 0.15) is 5.82 Å². The Balaban J connectivity index is 1.47. The van der Waals surface area contributed by atoms with Crippen LogP contribution in [0.25, 0.3) is 5.65 Å². The minimum atomic E-state index is -4.59. The van der Waals surface area contributed by atoms with E-state index in [0.717, 1.165) is 29.8 Å². The lowest BCUT2D eigenvalue weighted by Gasteiger charge is -2.35. The normalized spacial score (nSPS) is 16.3. The highest BCUT2D eigenvalue weighted by molar-refractivity contribution is 5.46. The van der Waals surface area contributed by atoms with Crippen molar-refractivity contribution in [2.24, 2.45) is 0 Å². The Kier molecular flexibility index (Phi) is 4.19. The van der Waals surface area contributed by atoms with Crippen LogP contribution in [0.1, 0.15) is 11.5 Å². The minimum Gasteiger partial charge on any atom is -0.353 e. The van der Waals surface area contributed by atoms with Crippen LogP contribution in [-0.4, -0.2) is 55.9 Å². The standard InChI is InChI=1S/C16H16F3N7/c17-16(18,19)15-22-21-13-4-5-14(23-26(13)15)25-9-7-24(8-10-25)11-12-3-1-2-6-20-12/h1-6H,7-11H2. The number of anilines is 1. The fraction of sp³-hybridized carbons (Fsp3) is 0.375. The molecule has 1 aliphatic heterocycles. The maximum absolute atomic E-state index is 13.0. The number of halogens is 3. The highest BCUT2D eigenvalue weighted by Crippen LogP contribution is 2.28. The van der Waals surface area contributed by atoms with Gasteiger partial charge in [-0.25, -0.2) is 0 Å². The van der Waals surface area contributed by atoms with Crippen LogP contribution >= 0.6 is 0 Å². The van der Waals surface area contributed by atoms with Gasteiger partial charge in [-0.15, -0.1) is 15.3 Å². The van der Waals surface area contributed by atoms with Crippen molar-refractivity contribution in [3.8, 4) is 0 Å². The maximum Gasteiger partial charge on any atom is 0.453 e. The van der Waals surface area contributed by atoms with E-state index >= 15 is 0 Å². The lowest BCUT2D eigenvalue weighted by Crippen LogP contribution is -2.46. The number of piperazine rings is 1. The van der Waals surface area contributed by atoms with Crippen LogP contribution in [-0.2, 0) is 12.7 Å². The number of alkyl halides is 3. The Morgan fingerprint density at radius 1 is 0.962 bits per heavy atom. The third-order valence-electron chi connectivity index (χ3n) is 4.31. The molecule has 0 N–H and O–H groups in total. The zero-order valence-corrected chi connectivity index (χ0v) is 13.8.